The monoisotopic (exact) mass is 328 g/mol. The number of hydrogen-bond acceptors (Lipinski definition) is 2. The average Bonchev–Trinajstić information content (AvgIpc) is 2.44. The van der Waals surface area contributed by atoms with Gasteiger partial charge in [-0.25, -0.2) is 4.39 Å². The fraction of sp³-hybridized carbons (Fsp3) is 0.600. The van der Waals surface area contributed by atoms with Crippen LogP contribution in [0.1, 0.15) is 31.2 Å². The molecule has 4 heteroatoms. The third-order valence-corrected chi connectivity index (χ3v) is 4.51. The molecule has 0 bridgehead atoms. The Morgan fingerprint density at radius 1 is 1.21 bits per heavy atom. The van der Waals surface area contributed by atoms with E-state index in [-0.39, 0.29) is 5.82 Å². The molecular weight excluding hydrogens is 307 g/mol. The van der Waals surface area contributed by atoms with Crippen LogP contribution in [0.2, 0.25) is 0 Å². The van der Waals surface area contributed by atoms with Gasteiger partial charge in [0, 0.05) is 6.54 Å². The Balaban J connectivity index is 1.62. The second-order valence-electron chi connectivity index (χ2n) is 5.15. The van der Waals surface area contributed by atoms with E-state index in [0.29, 0.717) is 4.47 Å². The highest BCUT2D eigenvalue weighted by atomic mass is 79.9. The first-order valence-corrected chi connectivity index (χ1v) is 7.92. The summed E-state index contributed by atoms with van der Waals surface area (Å²) in [4.78, 5) is 2.54. The zero-order valence-electron chi connectivity index (χ0n) is 11.3. The molecule has 0 unspecified atom stereocenters. The smallest absolute Gasteiger partial charge is 0.137 e. The predicted octanol–water partition coefficient (Wildman–Crippen LogP) is 3.55. The van der Waals surface area contributed by atoms with Gasteiger partial charge in [-0.15, -0.1) is 0 Å². The lowest BCUT2D eigenvalue weighted by atomic mass is 10.1. The average molecular weight is 329 g/mol. The molecule has 0 amide bonds. The topological polar surface area (TPSA) is 15.3 Å². The van der Waals surface area contributed by atoms with Gasteiger partial charge < -0.3 is 10.2 Å². The molecule has 1 saturated heterocycles. The van der Waals surface area contributed by atoms with Crippen LogP contribution >= 0.6 is 15.9 Å². The minimum atomic E-state index is -0.187. The minimum Gasteiger partial charge on any atom is -0.313 e. The number of hydrogen-bond donors (Lipinski definition) is 1. The summed E-state index contributed by atoms with van der Waals surface area (Å²) in [5.74, 6) is -0.187. The summed E-state index contributed by atoms with van der Waals surface area (Å²) in [6.45, 7) is 5.40. The molecule has 0 aromatic heterocycles. The first kappa shape index (κ1) is 14.9. The quantitative estimate of drug-likeness (QED) is 0.803. The van der Waals surface area contributed by atoms with E-state index in [9.17, 15) is 4.39 Å². The largest absolute Gasteiger partial charge is 0.313 e. The fourth-order valence-corrected chi connectivity index (χ4v) is 2.92. The number of piperidine rings is 1. The van der Waals surface area contributed by atoms with Crippen molar-refractivity contribution in [3.8, 4) is 0 Å². The van der Waals surface area contributed by atoms with Gasteiger partial charge in [-0.3, -0.25) is 0 Å². The van der Waals surface area contributed by atoms with Gasteiger partial charge in [0.05, 0.1) is 4.47 Å². The molecule has 1 aromatic rings. The molecule has 1 aliphatic rings. The second kappa shape index (κ2) is 7.98. The molecule has 0 aliphatic carbocycles. The maximum Gasteiger partial charge on any atom is 0.137 e. The lowest BCUT2D eigenvalue weighted by molar-refractivity contribution is 0.225. The van der Waals surface area contributed by atoms with Crippen molar-refractivity contribution in [2.24, 2.45) is 0 Å². The van der Waals surface area contributed by atoms with Crippen molar-refractivity contribution in [3.63, 3.8) is 0 Å². The second-order valence-corrected chi connectivity index (χ2v) is 5.94. The zero-order valence-corrected chi connectivity index (χ0v) is 12.9. The van der Waals surface area contributed by atoms with E-state index in [2.05, 4.69) is 26.1 Å². The highest BCUT2D eigenvalue weighted by Crippen LogP contribution is 2.20. The van der Waals surface area contributed by atoms with Crippen LogP contribution in [0.3, 0.4) is 0 Å². The number of likely N-dealkylation sites (tertiary alicyclic amines) is 1. The van der Waals surface area contributed by atoms with Crippen molar-refractivity contribution in [1.29, 1.82) is 0 Å². The molecule has 1 fully saturated rings. The molecule has 1 aromatic carbocycles. The van der Waals surface area contributed by atoms with E-state index in [1.54, 1.807) is 6.07 Å². The van der Waals surface area contributed by atoms with Crippen molar-refractivity contribution in [2.75, 3.05) is 26.2 Å². The molecular formula is C15H22BrFN2. The van der Waals surface area contributed by atoms with Crippen molar-refractivity contribution < 1.29 is 4.39 Å². The van der Waals surface area contributed by atoms with Crippen LogP contribution in [-0.4, -0.2) is 31.1 Å². The van der Waals surface area contributed by atoms with Crippen molar-refractivity contribution in [3.05, 3.63) is 34.1 Å². The molecule has 0 radical (unpaired) electrons. The summed E-state index contributed by atoms with van der Waals surface area (Å²) >= 11 is 3.29. The number of benzene rings is 1. The Bertz CT molecular complexity index is 392. The molecule has 2 rings (SSSR count). The summed E-state index contributed by atoms with van der Waals surface area (Å²) < 4.78 is 13.9. The molecule has 1 heterocycles. The number of nitrogens with one attached hydrogen (secondary N) is 1. The maximum absolute atomic E-state index is 13.3. The summed E-state index contributed by atoms with van der Waals surface area (Å²) in [5.41, 5.74) is 0.984. The van der Waals surface area contributed by atoms with Gasteiger partial charge in [-0.2, -0.15) is 0 Å². The Morgan fingerprint density at radius 3 is 2.79 bits per heavy atom. The Morgan fingerprint density at radius 2 is 2.00 bits per heavy atom. The third-order valence-electron chi connectivity index (χ3n) is 3.62. The Kier molecular flexibility index (Phi) is 6.28. The highest BCUT2D eigenvalue weighted by molar-refractivity contribution is 9.10. The first-order valence-electron chi connectivity index (χ1n) is 7.13. The van der Waals surface area contributed by atoms with Gasteiger partial charge in [0.2, 0.25) is 0 Å². The van der Waals surface area contributed by atoms with Crippen LogP contribution in [-0.2, 0) is 6.54 Å². The molecule has 2 nitrogen and oxygen atoms in total. The fourth-order valence-electron chi connectivity index (χ4n) is 2.52. The Labute approximate surface area is 123 Å². The predicted molar refractivity (Wildman–Crippen MR) is 80.7 cm³/mol. The molecule has 0 spiro atoms. The highest BCUT2D eigenvalue weighted by Gasteiger charge is 2.09. The van der Waals surface area contributed by atoms with Crippen molar-refractivity contribution >= 4 is 15.9 Å². The van der Waals surface area contributed by atoms with Crippen LogP contribution < -0.4 is 5.32 Å². The molecule has 1 aliphatic heterocycles. The SMILES string of the molecule is Fc1cccc(CNCCCN2CCCCC2)c1Br. The van der Waals surface area contributed by atoms with E-state index in [1.165, 1.54) is 45.0 Å². The van der Waals surface area contributed by atoms with Crippen molar-refractivity contribution in [1.82, 2.24) is 10.2 Å². The number of rotatable bonds is 6. The summed E-state index contributed by atoms with van der Waals surface area (Å²) in [5, 5.41) is 3.39. The van der Waals surface area contributed by atoms with Crippen molar-refractivity contribution in [2.45, 2.75) is 32.2 Å². The summed E-state index contributed by atoms with van der Waals surface area (Å²) in [6.07, 6.45) is 5.25. The molecule has 0 atom stereocenters. The first-order chi connectivity index (χ1) is 9.27. The van der Waals surface area contributed by atoms with Crippen LogP contribution in [0.25, 0.3) is 0 Å². The molecule has 106 valence electrons. The van der Waals surface area contributed by atoms with E-state index >= 15 is 0 Å². The lowest BCUT2D eigenvalue weighted by Crippen LogP contribution is -2.32. The standard InChI is InChI=1S/C15H22BrFN2/c16-15-13(6-4-7-14(15)17)12-18-8-5-11-19-9-2-1-3-10-19/h4,6-7,18H,1-3,5,8-12H2. The van der Waals surface area contributed by atoms with E-state index < -0.39 is 0 Å². The zero-order chi connectivity index (χ0) is 13.5. The number of nitrogens with zero attached hydrogens (tertiary/aromatic N) is 1. The molecule has 0 saturated carbocycles. The summed E-state index contributed by atoms with van der Waals surface area (Å²) in [7, 11) is 0. The van der Waals surface area contributed by atoms with Crippen LogP contribution in [0.4, 0.5) is 4.39 Å². The Hall–Kier alpha value is -0.450. The van der Waals surface area contributed by atoms with E-state index in [4.69, 9.17) is 0 Å². The van der Waals surface area contributed by atoms with Gasteiger partial charge >= 0.3 is 0 Å². The van der Waals surface area contributed by atoms with Gasteiger partial charge in [-0.05, 0) is 73.0 Å². The lowest BCUT2D eigenvalue weighted by Gasteiger charge is -2.26. The van der Waals surface area contributed by atoms with Gasteiger partial charge in [0.25, 0.3) is 0 Å². The van der Waals surface area contributed by atoms with Crippen LogP contribution in [0, 0.1) is 5.82 Å². The molecule has 19 heavy (non-hydrogen) atoms. The summed E-state index contributed by atoms with van der Waals surface area (Å²) in [6, 6.07) is 5.18. The van der Waals surface area contributed by atoms with E-state index in [0.717, 1.165) is 25.1 Å². The van der Waals surface area contributed by atoms with Gasteiger partial charge in [0.1, 0.15) is 5.82 Å². The van der Waals surface area contributed by atoms with Crippen LogP contribution in [0.15, 0.2) is 22.7 Å². The molecule has 1 N–H and O–H groups in total. The minimum absolute atomic E-state index is 0.187. The maximum atomic E-state index is 13.3. The van der Waals surface area contributed by atoms with Gasteiger partial charge in [-0.1, -0.05) is 18.6 Å². The van der Waals surface area contributed by atoms with Gasteiger partial charge in [0.15, 0.2) is 0 Å². The van der Waals surface area contributed by atoms with E-state index in [1.807, 2.05) is 6.07 Å². The van der Waals surface area contributed by atoms with Crippen LogP contribution in [0.5, 0.6) is 0 Å². The third kappa shape index (κ3) is 4.86. The normalized spacial score (nSPS) is 16.7. The number of halogens is 2.